The van der Waals surface area contributed by atoms with Crippen molar-refractivity contribution in [3.8, 4) is 11.8 Å². The van der Waals surface area contributed by atoms with Crippen molar-refractivity contribution in [3.05, 3.63) is 48.3 Å². The van der Waals surface area contributed by atoms with Gasteiger partial charge < -0.3 is 10.0 Å². The zero-order valence-corrected chi connectivity index (χ0v) is 18.9. The number of aromatic nitrogens is 3. The lowest BCUT2D eigenvalue weighted by atomic mass is 9.76. The zero-order valence-electron chi connectivity index (χ0n) is 18.9. The van der Waals surface area contributed by atoms with Gasteiger partial charge in [-0.15, -0.1) is 0 Å². The summed E-state index contributed by atoms with van der Waals surface area (Å²) in [4.78, 5) is 6.90. The van der Waals surface area contributed by atoms with E-state index in [1.54, 1.807) is 0 Å². The molecule has 2 aromatic heterocycles. The molecule has 3 aliphatic rings. The van der Waals surface area contributed by atoms with E-state index in [-0.39, 0.29) is 22.7 Å². The van der Waals surface area contributed by atoms with Gasteiger partial charge >= 0.3 is 0 Å². The summed E-state index contributed by atoms with van der Waals surface area (Å²) in [5, 5.41) is 26.5. The van der Waals surface area contributed by atoms with Crippen LogP contribution in [0.25, 0.3) is 16.6 Å². The summed E-state index contributed by atoms with van der Waals surface area (Å²) in [7, 11) is 0. The Kier molecular flexibility index (Phi) is 3.90. The van der Waals surface area contributed by atoms with Crippen LogP contribution in [-0.2, 0) is 5.41 Å². The molecule has 6 nitrogen and oxygen atoms in total. The van der Waals surface area contributed by atoms with Gasteiger partial charge in [0.15, 0.2) is 0 Å². The van der Waals surface area contributed by atoms with E-state index in [1.165, 1.54) is 12.8 Å². The Bertz CT molecular complexity index is 1250. The van der Waals surface area contributed by atoms with Gasteiger partial charge in [0, 0.05) is 42.6 Å². The van der Waals surface area contributed by atoms with Gasteiger partial charge in [0.2, 0.25) is 0 Å². The minimum atomic E-state index is -0.666. The van der Waals surface area contributed by atoms with Crippen LogP contribution in [0.4, 0.5) is 5.82 Å². The predicted molar refractivity (Wildman–Crippen MR) is 124 cm³/mol. The molecule has 3 fully saturated rings. The second-order valence-electron chi connectivity index (χ2n) is 10.6. The van der Waals surface area contributed by atoms with Crippen molar-refractivity contribution in [3.63, 3.8) is 0 Å². The summed E-state index contributed by atoms with van der Waals surface area (Å²) >= 11 is 0. The minimum absolute atomic E-state index is 0.153. The summed E-state index contributed by atoms with van der Waals surface area (Å²) in [6.07, 6.45) is 7.06. The molecule has 6 heteroatoms. The molecule has 0 amide bonds. The third-order valence-corrected chi connectivity index (χ3v) is 8.77. The van der Waals surface area contributed by atoms with Gasteiger partial charge in [0.25, 0.3) is 0 Å². The number of benzene rings is 1. The lowest BCUT2D eigenvalue weighted by Gasteiger charge is -2.46. The highest BCUT2D eigenvalue weighted by atomic mass is 16.3. The predicted octanol–water partition coefficient (Wildman–Crippen LogP) is 4.21. The van der Waals surface area contributed by atoms with E-state index in [2.05, 4.69) is 59.2 Å². The normalized spacial score (nSPS) is 32.8. The van der Waals surface area contributed by atoms with E-state index < -0.39 is 5.60 Å². The molecule has 1 aromatic carbocycles. The second kappa shape index (κ2) is 6.32. The van der Waals surface area contributed by atoms with Crippen LogP contribution in [0.2, 0.25) is 0 Å². The van der Waals surface area contributed by atoms with Crippen molar-refractivity contribution in [2.75, 3.05) is 18.0 Å². The maximum atomic E-state index is 10.8. The van der Waals surface area contributed by atoms with Gasteiger partial charge in [-0.2, -0.15) is 10.4 Å². The highest BCUT2D eigenvalue weighted by Crippen LogP contribution is 2.78. The van der Waals surface area contributed by atoms with Gasteiger partial charge in [-0.25, -0.2) is 9.67 Å². The van der Waals surface area contributed by atoms with E-state index in [0.29, 0.717) is 0 Å². The summed E-state index contributed by atoms with van der Waals surface area (Å²) in [5.41, 5.74) is 2.38. The molecule has 2 saturated carbocycles. The third kappa shape index (κ3) is 2.61. The van der Waals surface area contributed by atoms with Gasteiger partial charge in [-0.3, -0.25) is 0 Å². The average molecular weight is 428 g/mol. The van der Waals surface area contributed by atoms with E-state index in [4.69, 9.17) is 0 Å². The Hall–Kier alpha value is -2.91. The Morgan fingerprint density at radius 3 is 2.53 bits per heavy atom. The van der Waals surface area contributed by atoms with Crippen LogP contribution in [-0.4, -0.2) is 38.6 Å². The zero-order chi connectivity index (χ0) is 22.3. The number of aliphatic hydroxyl groups is 1. The van der Waals surface area contributed by atoms with E-state index in [0.717, 1.165) is 47.5 Å². The average Bonchev–Trinajstić information content (AvgIpc) is 3.66. The molecule has 6 rings (SSSR count). The van der Waals surface area contributed by atoms with Crippen molar-refractivity contribution in [1.29, 1.82) is 5.26 Å². The van der Waals surface area contributed by atoms with Gasteiger partial charge in [-0.05, 0) is 49.3 Å². The molecule has 3 aromatic rings. The molecule has 1 aliphatic heterocycles. The van der Waals surface area contributed by atoms with Crippen molar-refractivity contribution >= 4 is 16.7 Å². The molecule has 32 heavy (non-hydrogen) atoms. The van der Waals surface area contributed by atoms with Crippen molar-refractivity contribution in [2.45, 2.75) is 51.0 Å². The third-order valence-electron chi connectivity index (χ3n) is 8.77. The van der Waals surface area contributed by atoms with Crippen LogP contribution in [0.1, 0.15) is 45.6 Å². The molecule has 164 valence electrons. The molecule has 1 saturated heterocycles. The molecule has 0 bridgehead atoms. The number of hydrogen-bond acceptors (Lipinski definition) is 5. The van der Waals surface area contributed by atoms with Crippen LogP contribution < -0.4 is 4.90 Å². The number of anilines is 1. The highest BCUT2D eigenvalue weighted by Gasteiger charge is 2.75. The number of rotatable bonds is 3. The van der Waals surface area contributed by atoms with E-state index >= 15 is 0 Å². The van der Waals surface area contributed by atoms with Crippen LogP contribution in [0, 0.1) is 28.6 Å². The monoisotopic (exact) mass is 427 g/mol. The number of nitrogens with zero attached hydrogens (tertiary/aromatic N) is 5. The summed E-state index contributed by atoms with van der Waals surface area (Å²) < 4.78 is 1.96. The Labute approximate surface area is 188 Å². The molecule has 3 heterocycles. The first kappa shape index (κ1) is 19.8. The van der Waals surface area contributed by atoms with E-state index in [1.807, 2.05) is 30.1 Å². The summed E-state index contributed by atoms with van der Waals surface area (Å²) in [6.45, 7) is 7.68. The van der Waals surface area contributed by atoms with Crippen LogP contribution in [0.3, 0.4) is 0 Å². The van der Waals surface area contributed by atoms with Crippen LogP contribution >= 0.6 is 0 Å². The summed E-state index contributed by atoms with van der Waals surface area (Å²) in [6, 6.07) is 13.1. The van der Waals surface area contributed by atoms with Crippen molar-refractivity contribution in [1.82, 2.24) is 14.8 Å². The maximum Gasteiger partial charge on any atom is 0.130 e. The molecule has 1 spiro atoms. The molecule has 1 unspecified atom stereocenters. The first-order valence-corrected chi connectivity index (χ1v) is 11.6. The number of hydrogen-bond donors (Lipinski definition) is 1. The first-order valence-electron chi connectivity index (χ1n) is 11.6. The van der Waals surface area contributed by atoms with Crippen molar-refractivity contribution in [2.24, 2.45) is 17.3 Å². The number of fused-ring (bicyclic) bond motifs is 1. The van der Waals surface area contributed by atoms with Gasteiger partial charge in [0.05, 0.1) is 34.5 Å². The van der Waals surface area contributed by atoms with Crippen LogP contribution in [0.5, 0.6) is 0 Å². The smallest absolute Gasteiger partial charge is 0.130 e. The Morgan fingerprint density at radius 2 is 1.88 bits per heavy atom. The number of nitriles is 1. The topological polar surface area (TPSA) is 78.0 Å². The van der Waals surface area contributed by atoms with E-state index in [9.17, 15) is 10.4 Å². The fourth-order valence-electron chi connectivity index (χ4n) is 5.83. The van der Waals surface area contributed by atoms with Crippen LogP contribution in [0.15, 0.2) is 42.7 Å². The number of pyridine rings is 1. The van der Waals surface area contributed by atoms with Gasteiger partial charge in [-0.1, -0.05) is 26.0 Å². The quantitative estimate of drug-likeness (QED) is 0.677. The lowest BCUT2D eigenvalue weighted by molar-refractivity contribution is -0.0504. The second-order valence-corrected chi connectivity index (χ2v) is 10.6. The largest absolute Gasteiger partial charge is 0.389 e. The molecule has 4 atom stereocenters. The SMILES string of the molecule is C[C@@H]1CN(c2cc(-n3ncc4ccc(C5(C#N)CC56CC6)cc43)ccn2)C[C@H](C)[C@]1(C)O. The first-order chi connectivity index (χ1) is 15.3. The fourth-order valence-corrected chi connectivity index (χ4v) is 5.83. The molecule has 0 radical (unpaired) electrons. The standard InChI is InChI=1S/C26H29N5O/c1-17-13-30(14-18(2)24(17,3)32)23-11-21(6-9-28-23)31-22-10-20(5-4-19(22)12-29-31)26(16-27)15-25(26)7-8-25/h4-6,9-12,17-18,32H,7-8,13-15H2,1-3H3/t17-,18+,24-,26?. The molecule has 2 aliphatic carbocycles. The Balaban J connectivity index is 1.37. The molecular formula is C26H29N5O. The fraction of sp³-hybridized carbons (Fsp3) is 0.500. The van der Waals surface area contributed by atoms with Crippen molar-refractivity contribution < 1.29 is 5.11 Å². The molecular weight excluding hydrogens is 398 g/mol. The highest BCUT2D eigenvalue weighted by molar-refractivity contribution is 5.82. The van der Waals surface area contributed by atoms with Gasteiger partial charge in [0.1, 0.15) is 5.82 Å². The lowest BCUT2D eigenvalue weighted by Crippen LogP contribution is -2.55. The maximum absolute atomic E-state index is 10.8. The minimum Gasteiger partial charge on any atom is -0.389 e. The number of piperidine rings is 1. The summed E-state index contributed by atoms with van der Waals surface area (Å²) in [5.74, 6) is 1.21. The molecule has 1 N–H and O–H groups in total. The Morgan fingerprint density at radius 1 is 1.12 bits per heavy atom.